The number of benzene rings is 1. The van der Waals surface area contributed by atoms with Gasteiger partial charge in [0.1, 0.15) is 11.6 Å². The van der Waals surface area contributed by atoms with Gasteiger partial charge >= 0.3 is 0 Å². The van der Waals surface area contributed by atoms with Crippen molar-refractivity contribution in [3.8, 4) is 11.4 Å². The number of hydrogen-bond acceptors (Lipinski definition) is 4. The Morgan fingerprint density at radius 2 is 2.19 bits per heavy atom. The third-order valence-corrected chi connectivity index (χ3v) is 4.87. The van der Waals surface area contributed by atoms with Crippen LogP contribution in [0, 0.1) is 11.6 Å². The summed E-state index contributed by atoms with van der Waals surface area (Å²) in [7, 11) is -4.64. The summed E-state index contributed by atoms with van der Waals surface area (Å²) >= 11 is 2.95. The molecule has 0 amide bonds. The maximum atomic E-state index is 15.3. The smallest absolute Gasteiger partial charge is 0.232 e. The molecule has 2 N–H and O–H groups in total. The minimum atomic E-state index is -4.64. The van der Waals surface area contributed by atoms with E-state index < -0.39 is 80.7 Å². The number of fused-ring (bicyclic) bond motifs is 1. The summed E-state index contributed by atoms with van der Waals surface area (Å²) < 4.78 is 110. The van der Waals surface area contributed by atoms with Gasteiger partial charge in [0.15, 0.2) is 5.82 Å². The molecule has 1 aromatic rings. The van der Waals surface area contributed by atoms with E-state index in [0.717, 1.165) is 6.92 Å². The largest absolute Gasteiger partial charge is 0.345 e. The molecule has 6 nitrogen and oxygen atoms in total. The first-order valence-corrected chi connectivity index (χ1v) is 9.59. The number of nitrogens with one attached hydrogen (secondary N) is 2. The van der Waals surface area contributed by atoms with Crippen LogP contribution in [-0.2, 0) is 10.0 Å². The van der Waals surface area contributed by atoms with Crippen molar-refractivity contribution in [1.82, 2.24) is 9.97 Å². The van der Waals surface area contributed by atoms with Gasteiger partial charge in [-0.15, -0.1) is 0 Å². The summed E-state index contributed by atoms with van der Waals surface area (Å²) in [5.41, 5.74) is -3.81. The zero-order chi connectivity index (χ0) is 25.9. The van der Waals surface area contributed by atoms with Crippen LogP contribution in [0.1, 0.15) is 38.8 Å². The number of carbonyl (C=O) groups excluding carboxylic acids is 1. The number of rotatable bonds is 6. The fourth-order valence-electron chi connectivity index (χ4n) is 2.21. The van der Waals surface area contributed by atoms with Crippen molar-refractivity contribution in [3.05, 3.63) is 57.7 Å². The predicted octanol–water partition coefficient (Wildman–Crippen LogP) is 3.94. The van der Waals surface area contributed by atoms with Crippen LogP contribution in [0.2, 0.25) is 0 Å². The maximum Gasteiger partial charge on any atom is 0.232 e. The molecule has 0 aromatic heterocycles. The lowest BCUT2D eigenvalue weighted by atomic mass is 10.00. The quantitative estimate of drug-likeness (QED) is 0.540. The van der Waals surface area contributed by atoms with Crippen LogP contribution in [0.4, 0.5) is 14.5 Å². The van der Waals surface area contributed by atoms with Crippen molar-refractivity contribution in [2.45, 2.75) is 13.3 Å². The van der Waals surface area contributed by atoms with Crippen LogP contribution < -0.4 is 4.72 Å². The van der Waals surface area contributed by atoms with Gasteiger partial charge in [0.05, 0.1) is 29.4 Å². The number of aromatic amines is 1. The van der Waals surface area contributed by atoms with Gasteiger partial charge < -0.3 is 4.98 Å². The van der Waals surface area contributed by atoms with Crippen molar-refractivity contribution < 1.29 is 31.6 Å². The number of nitrogens with zero attached hydrogens (tertiary/aromatic N) is 1. The van der Waals surface area contributed by atoms with Crippen LogP contribution in [0.15, 0.2) is 34.9 Å². The van der Waals surface area contributed by atoms with E-state index in [4.69, 9.17) is 9.60 Å². The average molecular weight is 465 g/mol. The molecule has 0 radical (unpaired) electrons. The number of hydrogen-bond donors (Lipinski definition) is 2. The number of carbonyl (C=O) groups is 1. The lowest BCUT2D eigenvalue weighted by Gasteiger charge is -2.11. The molecule has 1 aromatic carbocycles. The Morgan fingerprint density at radius 1 is 1.44 bits per heavy atom. The minimum Gasteiger partial charge on any atom is -0.345 e. The van der Waals surface area contributed by atoms with Gasteiger partial charge in [-0.3, -0.25) is 9.52 Å². The molecule has 27 heavy (non-hydrogen) atoms. The number of H-pyrrole nitrogens is 1. The van der Waals surface area contributed by atoms with Crippen LogP contribution in [-0.4, -0.2) is 29.9 Å². The number of pyridine rings is 1. The average Bonchev–Trinajstić information content (AvgIpc) is 3.02. The van der Waals surface area contributed by atoms with Gasteiger partial charge in [-0.05, 0) is 40.4 Å². The van der Waals surface area contributed by atoms with E-state index in [9.17, 15) is 17.6 Å². The number of aromatic nitrogens is 2. The van der Waals surface area contributed by atoms with E-state index in [1.54, 1.807) is 4.72 Å². The topological polar surface area (TPSA) is 91.9 Å². The van der Waals surface area contributed by atoms with Crippen molar-refractivity contribution in [3.63, 3.8) is 0 Å². The van der Waals surface area contributed by atoms with Gasteiger partial charge in [-0.25, -0.2) is 22.2 Å². The first-order chi connectivity index (χ1) is 15.5. The fourth-order valence-corrected chi connectivity index (χ4v) is 3.41. The Kier molecular flexibility index (Phi) is 3.32. The van der Waals surface area contributed by atoms with E-state index in [0.29, 0.717) is 0 Å². The summed E-state index contributed by atoms with van der Waals surface area (Å²) in [6, 6.07) is -3.05. The lowest BCUT2D eigenvalue weighted by Crippen LogP contribution is -2.18. The molecule has 3 rings (SSSR count). The molecule has 0 saturated carbocycles. The molecule has 0 saturated heterocycles. The summed E-state index contributed by atoms with van der Waals surface area (Å²) in [5.74, 6) is -6.63. The van der Waals surface area contributed by atoms with E-state index in [1.807, 2.05) is 0 Å². The highest BCUT2D eigenvalue weighted by atomic mass is 79.9. The Balaban J connectivity index is 2.25. The summed E-state index contributed by atoms with van der Waals surface area (Å²) in [5, 5.41) is 0. The molecule has 0 aliphatic carbocycles. The second-order valence-corrected chi connectivity index (χ2v) is 7.70. The second-order valence-electron chi connectivity index (χ2n) is 5.18. The summed E-state index contributed by atoms with van der Waals surface area (Å²) in [4.78, 5) is 19.3. The van der Waals surface area contributed by atoms with Crippen molar-refractivity contribution in [1.29, 1.82) is 0 Å². The zero-order valence-corrected chi connectivity index (χ0v) is 15.8. The number of sulfonamides is 1. The van der Waals surface area contributed by atoms with Crippen LogP contribution in [0.25, 0.3) is 11.4 Å². The van der Waals surface area contributed by atoms with Crippen molar-refractivity contribution >= 4 is 37.4 Å². The molecule has 10 heteroatoms. The van der Waals surface area contributed by atoms with Gasteiger partial charge in [0.25, 0.3) is 0 Å². The van der Waals surface area contributed by atoms with Gasteiger partial charge in [0.2, 0.25) is 15.8 Å². The van der Waals surface area contributed by atoms with E-state index in [-0.39, 0.29) is 22.0 Å². The first-order valence-electron chi connectivity index (χ1n) is 10.6. The molecule has 142 valence electrons. The Morgan fingerprint density at radius 3 is 2.89 bits per heavy atom. The standard InChI is InChI=1S/C17H14BrF2N3O3S/c1-2-5-27(25,26)23-13-4-3-12(19)14(15(13)20)16(24)11-8-22-17-10(11)6-9(18)7-21-17/h3-4,6-8,23H,2,5H2,1H3,(H,21,22)/i2D2,3D,4D,6D,7D,8D. The molecular weight excluding hydrogens is 444 g/mol. The maximum absolute atomic E-state index is 15.3. The van der Waals surface area contributed by atoms with Crippen molar-refractivity contribution in [2.75, 3.05) is 10.5 Å². The normalized spacial score (nSPS) is 15.9. The van der Waals surface area contributed by atoms with E-state index in [1.165, 1.54) is 0 Å². The number of anilines is 1. The molecule has 0 atom stereocenters. The Hall–Kier alpha value is -2.33. The molecular formula is C17H14BrF2N3O3S. The first kappa shape index (κ1) is 12.2. The Bertz CT molecular complexity index is 1430. The number of halogens is 3. The minimum absolute atomic E-state index is 0.132. The predicted molar refractivity (Wildman–Crippen MR) is 100 cm³/mol. The zero-order valence-electron chi connectivity index (χ0n) is 20.4. The van der Waals surface area contributed by atoms with Crippen LogP contribution >= 0.6 is 15.9 Å². The van der Waals surface area contributed by atoms with E-state index in [2.05, 4.69) is 25.9 Å². The molecule has 0 bridgehead atoms. The van der Waals surface area contributed by atoms with Gasteiger partial charge in [0, 0.05) is 25.1 Å². The summed E-state index contributed by atoms with van der Waals surface area (Å²) in [6.07, 6.45) is -3.38. The Labute approximate surface area is 172 Å². The van der Waals surface area contributed by atoms with Crippen molar-refractivity contribution in [2.24, 2.45) is 0 Å². The second kappa shape index (κ2) is 7.35. The van der Waals surface area contributed by atoms with Crippen LogP contribution in [0.3, 0.4) is 0 Å². The highest BCUT2D eigenvalue weighted by Gasteiger charge is 2.27. The molecule has 2 aliphatic heterocycles. The fraction of sp³-hybridized carbons (Fsp3) is 0.176. The molecule has 2 heterocycles. The van der Waals surface area contributed by atoms with E-state index >= 15 is 4.39 Å². The molecule has 0 unspecified atom stereocenters. The van der Waals surface area contributed by atoms with Crippen LogP contribution in [0.5, 0.6) is 0 Å². The summed E-state index contributed by atoms with van der Waals surface area (Å²) in [6.45, 7) is 0.929. The molecule has 0 spiro atoms. The van der Waals surface area contributed by atoms with Gasteiger partial charge in [-0.1, -0.05) is 6.92 Å². The highest BCUT2D eigenvalue weighted by Crippen LogP contribution is 2.31. The third kappa shape index (κ3) is 3.86. The highest BCUT2D eigenvalue weighted by molar-refractivity contribution is 9.10. The third-order valence-electron chi connectivity index (χ3n) is 3.29. The lowest BCUT2D eigenvalue weighted by molar-refractivity contribution is 0.103. The SMILES string of the molecule is [2H]c1nc2[nH]c([2H])c(Br)c([2H])c-2c1C(=O)c1c(F)c([2H])c([2H])c(NS(=O)(=O)CC([2H])([2H])C)c1F. The number of ketones is 1. The van der Waals surface area contributed by atoms with Gasteiger partial charge in [-0.2, -0.15) is 0 Å². The monoisotopic (exact) mass is 464 g/mol. The molecule has 2 aliphatic rings. The molecule has 0 fully saturated rings.